The number of allylic oxidation sites excluding steroid dienone is 2. The minimum absolute atomic E-state index is 0.0165. The molecular weight excluding hydrogens is 839 g/mol. The number of alkyl carbamates (subject to hydrolysis) is 1. The molecule has 0 saturated carbocycles. The molecule has 0 spiro atoms. The second-order valence-corrected chi connectivity index (χ2v) is 16.4. The number of phenolic OH excluding ortho intramolecular Hbond substituents is 1. The summed E-state index contributed by atoms with van der Waals surface area (Å²) in [5.41, 5.74) is 9.90. The van der Waals surface area contributed by atoms with Crippen molar-refractivity contribution in [1.29, 1.82) is 0 Å². The molecule has 3 aromatic carbocycles. The average molecular weight is 888 g/mol. The van der Waals surface area contributed by atoms with E-state index in [1.54, 1.807) is 51.1 Å². The number of aromatic hydroxyl groups is 1. The Balaban J connectivity index is 0.995. The van der Waals surface area contributed by atoms with Gasteiger partial charge in [-0.3, -0.25) is 19.2 Å². The maximum absolute atomic E-state index is 14.3. The number of hydrogen-bond acceptors (Lipinski definition) is 13. The van der Waals surface area contributed by atoms with Crippen LogP contribution in [-0.2, 0) is 42.6 Å². The quantitative estimate of drug-likeness (QED) is 0.0359. The number of amides is 5. The molecule has 0 aromatic heterocycles. The van der Waals surface area contributed by atoms with E-state index >= 15 is 0 Å². The van der Waals surface area contributed by atoms with Crippen molar-refractivity contribution in [3.8, 4) is 29.4 Å². The average Bonchev–Trinajstić information content (AvgIpc) is 4.02. The predicted molar refractivity (Wildman–Crippen MR) is 235 cm³/mol. The molecule has 0 radical (unpaired) electrons. The van der Waals surface area contributed by atoms with Crippen LogP contribution in [0.25, 0.3) is 0 Å². The number of fused-ring (bicyclic) bond motifs is 4. The Morgan fingerprint density at radius 1 is 0.923 bits per heavy atom. The summed E-state index contributed by atoms with van der Waals surface area (Å²) in [7, 11) is 1.49. The van der Waals surface area contributed by atoms with Crippen LogP contribution in [0.4, 0.5) is 21.0 Å². The van der Waals surface area contributed by atoms with Crippen LogP contribution in [0, 0.1) is 29.6 Å². The van der Waals surface area contributed by atoms with Crippen molar-refractivity contribution in [1.82, 2.24) is 16.0 Å². The van der Waals surface area contributed by atoms with Gasteiger partial charge in [-0.1, -0.05) is 55.7 Å². The number of methoxy groups -OCH3 is 1. The van der Waals surface area contributed by atoms with Crippen LogP contribution in [0.15, 0.2) is 60.7 Å². The first-order valence-electron chi connectivity index (χ1n) is 20.9. The lowest BCUT2D eigenvalue weighted by Gasteiger charge is -2.38. The molecule has 1 saturated heterocycles. The van der Waals surface area contributed by atoms with Crippen LogP contribution >= 0.6 is 0 Å². The summed E-state index contributed by atoms with van der Waals surface area (Å²) >= 11 is 0. The number of carbonyl (C=O) groups excluding carboxylic acids is 6. The number of anilines is 2. The zero-order valence-electron chi connectivity index (χ0n) is 36.0. The van der Waals surface area contributed by atoms with Crippen LogP contribution in [-0.4, -0.2) is 95.3 Å². The highest BCUT2D eigenvalue weighted by Gasteiger charge is 2.82. The summed E-state index contributed by atoms with van der Waals surface area (Å²) in [6, 6.07) is 9.00. The number of nitrogens with two attached hydrogens (primary N) is 2. The van der Waals surface area contributed by atoms with Gasteiger partial charge in [0.05, 0.1) is 29.0 Å². The molecular formula is C47H49N7O11. The number of carbonyl (C=O) groups is 6. The molecule has 7 atom stereocenters. The molecule has 338 valence electrons. The van der Waals surface area contributed by atoms with Gasteiger partial charge in [-0.15, -0.1) is 0 Å². The second-order valence-electron chi connectivity index (χ2n) is 16.4. The molecule has 3 aromatic rings. The molecule has 18 nitrogen and oxygen atoms in total. The molecule has 65 heavy (non-hydrogen) atoms. The van der Waals surface area contributed by atoms with E-state index in [4.69, 9.17) is 25.7 Å². The molecule has 2 aliphatic heterocycles. The molecule has 0 unspecified atom stereocenters. The van der Waals surface area contributed by atoms with Gasteiger partial charge in [0.2, 0.25) is 11.8 Å². The standard InChI is InChI=1S/C47H49N7O11/c1-24(2)38(48)43(60)53-32(10-9-19-50-44(49)61)42(59)52-28-16-13-26(14-17-28)23-64-45(62)51-22-27-15-18-29-30(20-27)41(58)36-33(55)21-31-39(37(36)40(29)57)54-34-11-7-5-6-8-12-35(56)47(31)46(34,65-47)25(3)63-4/h5-6,13-18,20-21,24-25,32,34-35,38,54-56H,9-10,19,22-23,48H2,1-4H3,(H,51,62)(H,52,59)(H,53,60)(H3,49,50,61)/b6-5-/t25-,32+,34+,35-,38+,46+,47+/m1/s1. The van der Waals surface area contributed by atoms with Crippen molar-refractivity contribution in [3.63, 3.8) is 0 Å². The number of hydrogen-bond donors (Lipinski definition) is 9. The van der Waals surface area contributed by atoms with Gasteiger partial charge in [0.25, 0.3) is 0 Å². The summed E-state index contributed by atoms with van der Waals surface area (Å²) in [6.45, 7) is 5.33. The minimum Gasteiger partial charge on any atom is -0.507 e. The number of epoxide rings is 1. The number of aliphatic hydroxyl groups excluding tert-OH is 1. The number of rotatable bonds is 15. The molecule has 2 bridgehead atoms. The van der Waals surface area contributed by atoms with Gasteiger partial charge in [-0.25, -0.2) is 9.59 Å². The van der Waals surface area contributed by atoms with E-state index in [0.29, 0.717) is 23.2 Å². The molecule has 4 aliphatic rings. The number of benzene rings is 3. The first-order valence-corrected chi connectivity index (χ1v) is 20.9. The molecule has 2 aliphatic carbocycles. The summed E-state index contributed by atoms with van der Waals surface area (Å²) in [5, 5.41) is 36.8. The van der Waals surface area contributed by atoms with Crippen LogP contribution in [0.2, 0.25) is 0 Å². The fourth-order valence-electron chi connectivity index (χ4n) is 8.40. The van der Waals surface area contributed by atoms with Crippen LogP contribution in [0.1, 0.15) is 82.1 Å². The second kappa shape index (κ2) is 18.5. The van der Waals surface area contributed by atoms with Crippen molar-refractivity contribution < 1.29 is 53.2 Å². The molecule has 1 fully saturated rings. The van der Waals surface area contributed by atoms with E-state index in [1.165, 1.54) is 37.5 Å². The Morgan fingerprint density at radius 2 is 1.62 bits per heavy atom. The van der Waals surface area contributed by atoms with E-state index in [0.717, 1.165) is 0 Å². The van der Waals surface area contributed by atoms with Crippen molar-refractivity contribution in [2.75, 3.05) is 24.3 Å². The molecule has 5 amide bonds. The number of phenols is 1. The SMILES string of the molecule is CO[C@H](C)[C@@]12O[C@]13c1cc(O)c4c(c1N[C@H]2C#C/C=C\C#C[C@H]3O)C(=O)c1ccc(CNC(=O)OCc2ccc(NC(=O)[C@H](CCCNC(N)=O)NC(=O)[C@@H](N)C(C)C)cc2)cc1C4=O. The summed E-state index contributed by atoms with van der Waals surface area (Å²) < 4.78 is 17.5. The van der Waals surface area contributed by atoms with Crippen LogP contribution in [0.5, 0.6) is 5.75 Å². The highest BCUT2D eigenvalue weighted by Crippen LogP contribution is 2.67. The fraction of sp³-hybridized carbons (Fsp3) is 0.362. The maximum Gasteiger partial charge on any atom is 0.407 e. The Bertz CT molecular complexity index is 2630. The van der Waals surface area contributed by atoms with Gasteiger partial charge < -0.3 is 62.5 Å². The Kier molecular flexibility index (Phi) is 13.0. The Hall–Kier alpha value is -7.22. The number of ketones is 2. The van der Waals surface area contributed by atoms with E-state index in [-0.39, 0.29) is 65.5 Å². The van der Waals surface area contributed by atoms with Gasteiger partial charge in [-0.05, 0) is 79.3 Å². The van der Waals surface area contributed by atoms with Crippen LogP contribution in [0.3, 0.4) is 0 Å². The van der Waals surface area contributed by atoms with Gasteiger partial charge in [0, 0.05) is 42.6 Å². The first-order chi connectivity index (χ1) is 31.0. The summed E-state index contributed by atoms with van der Waals surface area (Å²) in [4.78, 5) is 78.2. The highest BCUT2D eigenvalue weighted by molar-refractivity contribution is 6.31. The van der Waals surface area contributed by atoms with Gasteiger partial charge in [0.1, 0.15) is 24.4 Å². The topological polar surface area (TPSA) is 286 Å². The molecule has 2 heterocycles. The molecule has 18 heteroatoms. The number of aliphatic hydroxyl groups is 1. The fourth-order valence-corrected chi connectivity index (χ4v) is 8.40. The van der Waals surface area contributed by atoms with Gasteiger partial charge in [0.15, 0.2) is 28.9 Å². The van der Waals surface area contributed by atoms with Gasteiger partial charge in [-0.2, -0.15) is 0 Å². The lowest BCUT2D eigenvalue weighted by atomic mass is 9.69. The van der Waals surface area contributed by atoms with E-state index < -0.39 is 82.8 Å². The van der Waals surface area contributed by atoms with E-state index in [2.05, 4.69) is 50.3 Å². The zero-order valence-corrected chi connectivity index (χ0v) is 36.0. The maximum atomic E-state index is 14.3. The monoisotopic (exact) mass is 887 g/mol. The predicted octanol–water partition coefficient (Wildman–Crippen LogP) is 2.18. The highest BCUT2D eigenvalue weighted by atomic mass is 16.7. The van der Waals surface area contributed by atoms with Crippen molar-refractivity contribution in [2.24, 2.45) is 17.4 Å². The third-order valence-corrected chi connectivity index (χ3v) is 12.0. The Labute approximate surface area is 374 Å². The number of urea groups is 1. The third kappa shape index (κ3) is 8.60. The van der Waals surface area contributed by atoms with Gasteiger partial charge >= 0.3 is 12.1 Å². The van der Waals surface area contributed by atoms with E-state index in [1.807, 2.05) is 0 Å². The minimum atomic E-state index is -1.57. The smallest absolute Gasteiger partial charge is 0.407 e. The van der Waals surface area contributed by atoms with Crippen LogP contribution < -0.4 is 38.1 Å². The van der Waals surface area contributed by atoms with E-state index in [9.17, 15) is 39.0 Å². The molecule has 7 rings (SSSR count). The number of ether oxygens (including phenoxy) is 3. The Morgan fingerprint density at radius 3 is 2.31 bits per heavy atom. The lowest BCUT2D eigenvalue weighted by Crippen LogP contribution is -2.55. The van der Waals surface area contributed by atoms with Crippen molar-refractivity contribution in [3.05, 3.63) is 99.6 Å². The summed E-state index contributed by atoms with van der Waals surface area (Å²) in [5.74, 6) is 8.71. The first kappa shape index (κ1) is 45.8. The largest absolute Gasteiger partial charge is 0.507 e. The summed E-state index contributed by atoms with van der Waals surface area (Å²) in [6.07, 6.45) is 0.733. The third-order valence-electron chi connectivity index (χ3n) is 12.0. The number of nitrogens with one attached hydrogen (secondary N) is 5. The lowest BCUT2D eigenvalue weighted by molar-refractivity contribution is -0.128. The normalized spacial score (nSPS) is 22.4. The van der Waals surface area contributed by atoms with Crippen molar-refractivity contribution in [2.45, 2.75) is 88.3 Å². The number of primary amides is 1. The van der Waals surface area contributed by atoms with Crippen molar-refractivity contribution >= 4 is 46.9 Å². The zero-order chi connectivity index (χ0) is 46.8. The molecule has 11 N–H and O–H groups in total.